The number of benzene rings is 1. The number of carbonyl (C=O) groups excluding carboxylic acids is 1. The van der Waals surface area contributed by atoms with E-state index in [-0.39, 0.29) is 36.0 Å². The summed E-state index contributed by atoms with van der Waals surface area (Å²) in [7, 11) is 2.67. The lowest BCUT2D eigenvalue weighted by Crippen LogP contribution is -2.28. The van der Waals surface area contributed by atoms with E-state index in [4.69, 9.17) is 9.47 Å². The number of ether oxygens (including phenoxy) is 2. The molecule has 1 heterocycles. The van der Waals surface area contributed by atoms with Crippen LogP contribution in [0.1, 0.15) is 29.7 Å². The Kier molecular flexibility index (Phi) is 6.27. The second-order valence-electron chi connectivity index (χ2n) is 5.40. The molecule has 0 aliphatic heterocycles. The Morgan fingerprint density at radius 3 is 2.67 bits per heavy atom. The van der Waals surface area contributed by atoms with E-state index in [9.17, 15) is 23.7 Å². The second-order valence-corrected chi connectivity index (χ2v) is 5.40. The number of alkyl halides is 2. The van der Waals surface area contributed by atoms with Crippen molar-refractivity contribution < 1.29 is 28.0 Å². The van der Waals surface area contributed by atoms with E-state index in [0.29, 0.717) is 4.57 Å². The number of amides is 1. The fourth-order valence-electron chi connectivity index (χ4n) is 2.43. The van der Waals surface area contributed by atoms with E-state index in [0.717, 1.165) is 17.2 Å². The molecule has 0 fully saturated rings. The SMILES string of the molecule is CCOc1cc([N+](=O)[O-])c(C(=O)N(C)Cc2nccn2C(F)F)cc1OC. The number of nitro benzene ring substituents is 1. The van der Waals surface area contributed by atoms with Crippen LogP contribution in [0.4, 0.5) is 14.5 Å². The number of hydrogen-bond acceptors (Lipinski definition) is 6. The maximum Gasteiger partial charge on any atom is 0.319 e. The molecule has 0 aliphatic rings. The third-order valence-corrected chi connectivity index (χ3v) is 3.69. The van der Waals surface area contributed by atoms with Crippen LogP contribution in [0, 0.1) is 10.1 Å². The molecule has 0 N–H and O–H groups in total. The van der Waals surface area contributed by atoms with Crippen molar-refractivity contribution in [2.24, 2.45) is 0 Å². The van der Waals surface area contributed by atoms with Gasteiger partial charge in [0, 0.05) is 25.5 Å². The summed E-state index contributed by atoms with van der Waals surface area (Å²) in [5, 5.41) is 11.4. The van der Waals surface area contributed by atoms with E-state index in [1.54, 1.807) is 6.92 Å². The Bertz CT molecular complexity index is 840. The van der Waals surface area contributed by atoms with Crippen LogP contribution in [-0.2, 0) is 6.54 Å². The smallest absolute Gasteiger partial charge is 0.319 e. The lowest BCUT2D eigenvalue weighted by Gasteiger charge is -2.18. The Labute approximate surface area is 153 Å². The molecule has 0 spiro atoms. The van der Waals surface area contributed by atoms with Crippen LogP contribution in [0.5, 0.6) is 11.5 Å². The predicted molar refractivity (Wildman–Crippen MR) is 90.1 cm³/mol. The first kappa shape index (κ1) is 20.1. The zero-order chi connectivity index (χ0) is 20.1. The third-order valence-electron chi connectivity index (χ3n) is 3.69. The van der Waals surface area contributed by atoms with E-state index in [1.165, 1.54) is 26.4 Å². The normalized spacial score (nSPS) is 10.7. The molecule has 2 rings (SSSR count). The Morgan fingerprint density at radius 1 is 1.41 bits per heavy atom. The van der Waals surface area contributed by atoms with Crippen LogP contribution in [0.25, 0.3) is 0 Å². The molecule has 11 heteroatoms. The summed E-state index contributed by atoms with van der Waals surface area (Å²) < 4.78 is 36.9. The van der Waals surface area contributed by atoms with Gasteiger partial charge in [-0.2, -0.15) is 8.78 Å². The van der Waals surface area contributed by atoms with Gasteiger partial charge in [-0.05, 0) is 6.92 Å². The number of aromatic nitrogens is 2. The molecule has 0 unspecified atom stereocenters. The zero-order valence-electron chi connectivity index (χ0n) is 14.9. The number of nitro groups is 1. The van der Waals surface area contributed by atoms with Crippen molar-refractivity contribution in [3.63, 3.8) is 0 Å². The monoisotopic (exact) mass is 384 g/mol. The average Bonchev–Trinajstić information content (AvgIpc) is 3.09. The summed E-state index contributed by atoms with van der Waals surface area (Å²) in [5.74, 6) is -0.527. The van der Waals surface area contributed by atoms with Gasteiger partial charge in [0.1, 0.15) is 11.4 Å². The first-order chi connectivity index (χ1) is 12.8. The van der Waals surface area contributed by atoms with Crippen molar-refractivity contribution in [1.82, 2.24) is 14.5 Å². The number of methoxy groups -OCH3 is 1. The number of hydrogen-bond donors (Lipinski definition) is 0. The summed E-state index contributed by atoms with van der Waals surface area (Å²) in [6.07, 6.45) is 2.27. The van der Waals surface area contributed by atoms with Gasteiger partial charge in [0.15, 0.2) is 11.5 Å². The molecular weight excluding hydrogens is 366 g/mol. The summed E-state index contributed by atoms with van der Waals surface area (Å²) >= 11 is 0. The first-order valence-electron chi connectivity index (χ1n) is 7.84. The van der Waals surface area contributed by atoms with E-state index >= 15 is 0 Å². The predicted octanol–water partition coefficient (Wildman–Crippen LogP) is 2.87. The van der Waals surface area contributed by atoms with E-state index < -0.39 is 23.1 Å². The zero-order valence-corrected chi connectivity index (χ0v) is 14.9. The van der Waals surface area contributed by atoms with E-state index in [2.05, 4.69) is 4.98 Å². The maximum atomic E-state index is 12.9. The fraction of sp³-hybridized carbons (Fsp3) is 0.375. The topological polar surface area (TPSA) is 99.7 Å². The van der Waals surface area contributed by atoms with Gasteiger partial charge in [-0.25, -0.2) is 4.98 Å². The van der Waals surface area contributed by atoms with Crippen molar-refractivity contribution in [2.75, 3.05) is 20.8 Å². The van der Waals surface area contributed by atoms with Crippen molar-refractivity contribution >= 4 is 11.6 Å². The molecule has 0 bridgehead atoms. The molecule has 1 aromatic heterocycles. The number of halogens is 2. The van der Waals surface area contributed by atoms with Gasteiger partial charge in [-0.3, -0.25) is 19.5 Å². The first-order valence-corrected chi connectivity index (χ1v) is 7.84. The molecule has 0 saturated heterocycles. The minimum absolute atomic E-state index is 0.0543. The standard InChI is InChI=1S/C16H18F2N4O5/c1-4-27-13-8-11(22(24)25)10(7-12(13)26-3)15(23)20(2)9-14-19-5-6-21(14)16(17)18/h5-8,16H,4,9H2,1-3H3. The van der Waals surface area contributed by atoms with Crippen LogP contribution < -0.4 is 9.47 Å². The molecule has 0 radical (unpaired) electrons. The molecule has 146 valence electrons. The quantitative estimate of drug-likeness (QED) is 0.513. The molecule has 1 aromatic carbocycles. The third kappa shape index (κ3) is 4.30. The summed E-state index contributed by atoms with van der Waals surface area (Å²) in [6, 6.07) is 2.30. The highest BCUT2D eigenvalue weighted by Gasteiger charge is 2.27. The summed E-state index contributed by atoms with van der Waals surface area (Å²) in [5.41, 5.74) is -0.730. The number of imidazole rings is 1. The molecule has 0 saturated carbocycles. The molecule has 27 heavy (non-hydrogen) atoms. The lowest BCUT2D eigenvalue weighted by atomic mass is 10.1. The van der Waals surface area contributed by atoms with Gasteiger partial charge in [0.25, 0.3) is 11.6 Å². The Balaban J connectivity index is 2.38. The Hall–Kier alpha value is -3.24. The highest BCUT2D eigenvalue weighted by atomic mass is 19.3. The molecule has 2 aromatic rings. The number of rotatable bonds is 8. The second kappa shape index (κ2) is 8.43. The molecule has 0 aliphatic carbocycles. The van der Waals surface area contributed by atoms with Crippen LogP contribution in [-0.4, -0.2) is 46.0 Å². The van der Waals surface area contributed by atoms with Crippen LogP contribution in [0.2, 0.25) is 0 Å². The van der Waals surface area contributed by atoms with Crippen molar-refractivity contribution in [3.8, 4) is 11.5 Å². The minimum atomic E-state index is -2.81. The van der Waals surface area contributed by atoms with Gasteiger partial charge in [0.2, 0.25) is 0 Å². The van der Waals surface area contributed by atoms with Gasteiger partial charge in [-0.1, -0.05) is 0 Å². The largest absolute Gasteiger partial charge is 0.493 e. The number of nitrogens with zero attached hydrogens (tertiary/aromatic N) is 4. The van der Waals surface area contributed by atoms with Gasteiger partial charge in [0.05, 0.1) is 31.3 Å². The van der Waals surface area contributed by atoms with Gasteiger partial charge < -0.3 is 14.4 Å². The lowest BCUT2D eigenvalue weighted by molar-refractivity contribution is -0.385. The Morgan fingerprint density at radius 2 is 2.11 bits per heavy atom. The van der Waals surface area contributed by atoms with Crippen molar-refractivity contribution in [1.29, 1.82) is 0 Å². The fourth-order valence-corrected chi connectivity index (χ4v) is 2.43. The summed E-state index contributed by atoms with van der Waals surface area (Å²) in [4.78, 5) is 28.2. The van der Waals surface area contributed by atoms with Crippen molar-refractivity contribution in [3.05, 3.63) is 46.0 Å². The highest BCUT2D eigenvalue weighted by Crippen LogP contribution is 2.35. The average molecular weight is 384 g/mol. The van der Waals surface area contributed by atoms with E-state index in [1.807, 2.05) is 0 Å². The van der Waals surface area contributed by atoms with Gasteiger partial charge in [-0.15, -0.1) is 0 Å². The molecule has 9 nitrogen and oxygen atoms in total. The van der Waals surface area contributed by atoms with Crippen molar-refractivity contribution in [2.45, 2.75) is 20.0 Å². The number of carbonyl (C=O) groups is 1. The van der Waals surface area contributed by atoms with Crippen LogP contribution in [0.3, 0.4) is 0 Å². The summed E-state index contributed by atoms with van der Waals surface area (Å²) in [6.45, 7) is -1.13. The molecule has 1 amide bonds. The maximum absolute atomic E-state index is 12.9. The molecular formula is C16H18F2N4O5. The van der Waals surface area contributed by atoms with Gasteiger partial charge >= 0.3 is 6.55 Å². The van der Waals surface area contributed by atoms with Crippen LogP contribution in [0.15, 0.2) is 24.5 Å². The molecule has 0 atom stereocenters. The van der Waals surface area contributed by atoms with Crippen LogP contribution >= 0.6 is 0 Å². The highest BCUT2D eigenvalue weighted by molar-refractivity contribution is 5.98. The minimum Gasteiger partial charge on any atom is -0.493 e.